The van der Waals surface area contributed by atoms with Gasteiger partial charge in [-0.15, -0.1) is 0 Å². The maximum absolute atomic E-state index is 5.80. The van der Waals surface area contributed by atoms with Crippen LogP contribution in [-0.4, -0.2) is 29.8 Å². The molecular formula is C18H19N3O2. The van der Waals surface area contributed by atoms with Crippen molar-refractivity contribution in [1.29, 1.82) is 0 Å². The smallest absolute Gasteiger partial charge is 0.282 e. The van der Waals surface area contributed by atoms with Crippen LogP contribution in [0.25, 0.3) is 11.1 Å². The van der Waals surface area contributed by atoms with Crippen LogP contribution in [0.4, 0.5) is 0 Å². The van der Waals surface area contributed by atoms with Gasteiger partial charge in [0, 0.05) is 24.6 Å². The summed E-state index contributed by atoms with van der Waals surface area (Å²) >= 11 is 0. The lowest BCUT2D eigenvalue weighted by Crippen LogP contribution is -2.36. The summed E-state index contributed by atoms with van der Waals surface area (Å²) in [6.45, 7) is 2.04. The third kappa shape index (κ3) is 2.15. The summed E-state index contributed by atoms with van der Waals surface area (Å²) in [6.07, 6.45) is 5.26. The summed E-state index contributed by atoms with van der Waals surface area (Å²) in [6, 6.07) is 8.69. The minimum absolute atomic E-state index is 0.00816. The zero-order chi connectivity index (χ0) is 16.0. The molecule has 0 amide bonds. The summed E-state index contributed by atoms with van der Waals surface area (Å²) in [7, 11) is 1.65. The van der Waals surface area contributed by atoms with Gasteiger partial charge in [-0.25, -0.2) is 4.99 Å². The lowest BCUT2D eigenvalue weighted by atomic mass is 9.90. The average Bonchev–Trinajstić information content (AvgIpc) is 3.06. The minimum Gasteiger partial charge on any atom is -0.495 e. The van der Waals surface area contributed by atoms with Gasteiger partial charge >= 0.3 is 0 Å². The Hall–Kier alpha value is -2.56. The van der Waals surface area contributed by atoms with E-state index in [4.69, 9.17) is 15.2 Å². The second-order valence-electron chi connectivity index (χ2n) is 6.22. The summed E-state index contributed by atoms with van der Waals surface area (Å²) in [5, 5.41) is 0. The quantitative estimate of drug-likeness (QED) is 0.924. The second-order valence-corrected chi connectivity index (χ2v) is 6.22. The Kier molecular flexibility index (Phi) is 3.04. The number of nitrogens with zero attached hydrogens (tertiary/aromatic N) is 2. The number of amidine groups is 1. The topological polar surface area (TPSA) is 69.7 Å². The molecule has 2 N–H and O–H groups in total. The second kappa shape index (κ2) is 4.98. The number of pyridine rings is 1. The molecule has 0 fully saturated rings. The highest BCUT2D eigenvalue weighted by atomic mass is 16.5. The van der Waals surface area contributed by atoms with Gasteiger partial charge in [-0.2, -0.15) is 0 Å². The first-order valence-corrected chi connectivity index (χ1v) is 7.73. The van der Waals surface area contributed by atoms with Gasteiger partial charge in [0.1, 0.15) is 17.4 Å². The zero-order valence-corrected chi connectivity index (χ0v) is 13.2. The van der Waals surface area contributed by atoms with Crippen molar-refractivity contribution < 1.29 is 9.47 Å². The molecule has 4 rings (SSSR count). The van der Waals surface area contributed by atoms with E-state index in [0.29, 0.717) is 6.02 Å². The van der Waals surface area contributed by atoms with Gasteiger partial charge in [0.05, 0.1) is 13.3 Å². The fourth-order valence-electron chi connectivity index (χ4n) is 3.65. The monoisotopic (exact) mass is 309 g/mol. The number of aliphatic imine (C=N–C) groups is 1. The summed E-state index contributed by atoms with van der Waals surface area (Å²) in [5.41, 5.74) is 10.4. The molecule has 2 aromatic rings. The summed E-state index contributed by atoms with van der Waals surface area (Å²) in [4.78, 5) is 8.89. The van der Waals surface area contributed by atoms with E-state index in [9.17, 15) is 0 Å². The van der Waals surface area contributed by atoms with E-state index in [1.54, 1.807) is 13.3 Å². The molecule has 2 atom stereocenters. The largest absolute Gasteiger partial charge is 0.495 e. The molecule has 23 heavy (non-hydrogen) atoms. The van der Waals surface area contributed by atoms with Crippen molar-refractivity contribution in [2.24, 2.45) is 10.7 Å². The molecule has 1 aromatic carbocycles. The van der Waals surface area contributed by atoms with Crippen molar-refractivity contribution in [2.45, 2.75) is 31.4 Å². The first-order valence-electron chi connectivity index (χ1n) is 7.73. The number of rotatable bonds is 2. The van der Waals surface area contributed by atoms with Crippen LogP contribution in [0, 0.1) is 0 Å². The molecule has 2 heterocycles. The van der Waals surface area contributed by atoms with Crippen molar-refractivity contribution in [2.75, 3.05) is 7.11 Å². The van der Waals surface area contributed by atoms with E-state index in [-0.39, 0.29) is 11.6 Å². The number of ether oxygens (including phenoxy) is 2. The molecule has 0 saturated carbocycles. The number of nitrogens with two attached hydrogens (primary N) is 1. The van der Waals surface area contributed by atoms with Gasteiger partial charge in [-0.3, -0.25) is 4.98 Å². The lowest BCUT2D eigenvalue weighted by molar-refractivity contribution is 0.157. The Morgan fingerprint density at radius 1 is 1.30 bits per heavy atom. The molecule has 2 aliphatic rings. The van der Waals surface area contributed by atoms with Gasteiger partial charge in [-0.1, -0.05) is 18.2 Å². The number of aromatic nitrogens is 1. The highest BCUT2D eigenvalue weighted by Gasteiger charge is 2.48. The first kappa shape index (κ1) is 14.1. The number of methoxy groups -OCH3 is 1. The van der Waals surface area contributed by atoms with E-state index >= 15 is 0 Å². The van der Waals surface area contributed by atoms with E-state index in [1.807, 2.05) is 19.2 Å². The predicted octanol–water partition coefficient (Wildman–Crippen LogP) is 2.33. The summed E-state index contributed by atoms with van der Waals surface area (Å²) in [5.74, 6) is 0.757. The highest BCUT2D eigenvalue weighted by molar-refractivity contribution is 5.76. The van der Waals surface area contributed by atoms with Crippen molar-refractivity contribution in [3.63, 3.8) is 0 Å². The third-order valence-corrected chi connectivity index (χ3v) is 4.90. The maximum Gasteiger partial charge on any atom is 0.282 e. The highest BCUT2D eigenvalue weighted by Crippen LogP contribution is 2.43. The molecule has 1 spiro atoms. The molecular weight excluding hydrogens is 290 g/mol. The third-order valence-electron chi connectivity index (χ3n) is 4.90. The first-order chi connectivity index (χ1) is 11.1. The Morgan fingerprint density at radius 2 is 2.17 bits per heavy atom. The SMILES string of the molecule is COc1cncc(-c2cccc3c2CC2(C3)N=C(N)OC2C)c1. The number of fused-ring (bicyclic) bond motifs is 1. The van der Waals surface area contributed by atoms with Crippen LogP contribution < -0.4 is 10.5 Å². The molecule has 1 aromatic heterocycles. The standard InChI is InChI=1S/C18H19N3O2/c1-11-18(21-17(19)23-11)7-12-4-3-5-15(16(12)8-18)13-6-14(22-2)10-20-9-13/h3-6,9-11H,7-8H2,1-2H3,(H2,19,21). The van der Waals surface area contributed by atoms with Crippen molar-refractivity contribution >= 4 is 6.02 Å². The van der Waals surface area contributed by atoms with Gasteiger partial charge in [0.2, 0.25) is 0 Å². The van der Waals surface area contributed by atoms with Crippen LogP contribution >= 0.6 is 0 Å². The van der Waals surface area contributed by atoms with E-state index in [2.05, 4.69) is 28.2 Å². The molecule has 1 aliphatic heterocycles. The van der Waals surface area contributed by atoms with Crippen LogP contribution in [0.5, 0.6) is 5.75 Å². The zero-order valence-electron chi connectivity index (χ0n) is 13.2. The van der Waals surface area contributed by atoms with Gasteiger partial charge in [-0.05, 0) is 29.7 Å². The molecule has 0 saturated heterocycles. The Balaban J connectivity index is 1.79. The molecule has 5 nitrogen and oxygen atoms in total. The van der Waals surface area contributed by atoms with Crippen LogP contribution in [0.15, 0.2) is 41.7 Å². The minimum atomic E-state index is -0.269. The molecule has 1 aliphatic carbocycles. The fraction of sp³-hybridized carbons (Fsp3) is 0.333. The average molecular weight is 309 g/mol. The predicted molar refractivity (Wildman–Crippen MR) is 88.5 cm³/mol. The van der Waals surface area contributed by atoms with Gasteiger partial charge in [0.25, 0.3) is 6.02 Å². The van der Waals surface area contributed by atoms with Crippen LogP contribution in [0.1, 0.15) is 18.1 Å². The molecule has 2 unspecified atom stereocenters. The number of hydrogen-bond donors (Lipinski definition) is 1. The fourth-order valence-corrected chi connectivity index (χ4v) is 3.65. The van der Waals surface area contributed by atoms with E-state index < -0.39 is 0 Å². The number of hydrogen-bond acceptors (Lipinski definition) is 5. The number of benzene rings is 1. The van der Waals surface area contributed by atoms with Crippen molar-refractivity contribution in [1.82, 2.24) is 4.98 Å². The summed E-state index contributed by atoms with van der Waals surface area (Å²) < 4.78 is 10.9. The normalized spacial score (nSPS) is 25.1. The Morgan fingerprint density at radius 3 is 2.91 bits per heavy atom. The van der Waals surface area contributed by atoms with Crippen LogP contribution in [0.3, 0.4) is 0 Å². The van der Waals surface area contributed by atoms with E-state index in [1.165, 1.54) is 16.7 Å². The lowest BCUT2D eigenvalue weighted by Gasteiger charge is -2.23. The van der Waals surface area contributed by atoms with Gasteiger partial charge in [0.15, 0.2) is 0 Å². The molecule has 0 bridgehead atoms. The van der Waals surface area contributed by atoms with Crippen LogP contribution in [-0.2, 0) is 17.6 Å². The van der Waals surface area contributed by atoms with Crippen LogP contribution in [0.2, 0.25) is 0 Å². The van der Waals surface area contributed by atoms with Crippen molar-refractivity contribution in [3.8, 4) is 16.9 Å². The molecule has 0 radical (unpaired) electrons. The maximum atomic E-state index is 5.80. The van der Waals surface area contributed by atoms with E-state index in [0.717, 1.165) is 24.2 Å². The van der Waals surface area contributed by atoms with Gasteiger partial charge < -0.3 is 15.2 Å². The molecule has 5 heteroatoms. The van der Waals surface area contributed by atoms with Crippen molar-refractivity contribution in [3.05, 3.63) is 47.8 Å². The Bertz CT molecular complexity index is 803. The Labute approximate surface area is 135 Å². The molecule has 118 valence electrons.